The molecule has 1 atom stereocenters. The monoisotopic (exact) mass is 239 g/mol. The van der Waals surface area contributed by atoms with Gasteiger partial charge >= 0.3 is 0 Å². The van der Waals surface area contributed by atoms with Crippen LogP contribution in [0, 0.1) is 18.8 Å². The number of hydrogen-bond donors (Lipinski definition) is 2. The maximum atomic E-state index is 5.58. The van der Waals surface area contributed by atoms with E-state index in [9.17, 15) is 0 Å². The van der Waals surface area contributed by atoms with Crippen molar-refractivity contribution in [2.24, 2.45) is 5.84 Å². The van der Waals surface area contributed by atoms with Crippen molar-refractivity contribution in [2.75, 3.05) is 0 Å². The number of nitrogens with zero attached hydrogens (tertiary/aromatic N) is 1. The zero-order valence-electron chi connectivity index (χ0n) is 10.7. The summed E-state index contributed by atoms with van der Waals surface area (Å²) in [5, 5.41) is 1.18. The molecule has 1 aromatic heterocycles. The quantitative estimate of drug-likeness (QED) is 0.491. The number of hydrogen-bond acceptors (Lipinski definition) is 3. The van der Waals surface area contributed by atoms with E-state index in [1.54, 1.807) is 0 Å². The Hall–Kier alpha value is -1.89. The van der Waals surface area contributed by atoms with Gasteiger partial charge in [-0.25, -0.2) is 0 Å². The van der Waals surface area contributed by atoms with Crippen LogP contribution in [0.1, 0.15) is 30.6 Å². The Balaban J connectivity index is 2.46. The molecule has 0 saturated heterocycles. The second kappa shape index (κ2) is 5.63. The van der Waals surface area contributed by atoms with Gasteiger partial charge in [0.05, 0.1) is 17.3 Å². The van der Waals surface area contributed by atoms with E-state index in [1.807, 2.05) is 25.1 Å². The maximum absolute atomic E-state index is 5.58. The fourth-order valence-electron chi connectivity index (χ4n) is 2.01. The Morgan fingerprint density at radius 2 is 2.17 bits per heavy atom. The summed E-state index contributed by atoms with van der Waals surface area (Å²) in [6, 6.07) is 10.2. The summed E-state index contributed by atoms with van der Waals surface area (Å²) in [6.45, 7) is 3.92. The molecule has 1 heterocycles. The first-order valence-electron chi connectivity index (χ1n) is 5.98. The average molecular weight is 239 g/mol. The zero-order valence-corrected chi connectivity index (χ0v) is 10.7. The van der Waals surface area contributed by atoms with Crippen LogP contribution < -0.4 is 11.3 Å². The first-order chi connectivity index (χ1) is 8.76. The molecule has 0 spiro atoms. The number of aromatic nitrogens is 1. The van der Waals surface area contributed by atoms with Crippen LogP contribution in [0.25, 0.3) is 10.9 Å². The predicted octanol–water partition coefficient (Wildman–Crippen LogP) is 2.46. The molecular formula is C15H17N3. The van der Waals surface area contributed by atoms with Gasteiger partial charge in [0.25, 0.3) is 0 Å². The van der Waals surface area contributed by atoms with Crippen molar-refractivity contribution in [3.05, 3.63) is 41.6 Å². The molecule has 2 rings (SSSR count). The third-order valence-corrected chi connectivity index (χ3v) is 2.98. The summed E-state index contributed by atoms with van der Waals surface area (Å²) >= 11 is 0. The molecular weight excluding hydrogens is 222 g/mol. The van der Waals surface area contributed by atoms with Crippen molar-refractivity contribution < 1.29 is 0 Å². The molecule has 0 saturated carbocycles. The molecule has 92 valence electrons. The number of pyridine rings is 1. The van der Waals surface area contributed by atoms with Crippen LogP contribution in [0.2, 0.25) is 0 Å². The van der Waals surface area contributed by atoms with Crippen molar-refractivity contribution in [3.8, 4) is 11.8 Å². The number of nitrogens with one attached hydrogen (secondary N) is 1. The third-order valence-electron chi connectivity index (χ3n) is 2.98. The Bertz CT molecular complexity index is 608. The summed E-state index contributed by atoms with van der Waals surface area (Å²) in [6.07, 6.45) is 0.664. The molecule has 1 unspecified atom stereocenters. The highest BCUT2D eigenvalue weighted by Crippen LogP contribution is 2.21. The minimum absolute atomic E-state index is 0.0271. The summed E-state index contributed by atoms with van der Waals surface area (Å²) in [5.41, 5.74) is 5.93. The van der Waals surface area contributed by atoms with Crippen molar-refractivity contribution in [1.82, 2.24) is 10.4 Å². The van der Waals surface area contributed by atoms with Gasteiger partial charge in [-0.15, -0.1) is 11.8 Å². The van der Waals surface area contributed by atoms with Gasteiger partial charge in [-0.05, 0) is 31.5 Å². The minimum Gasteiger partial charge on any atom is -0.271 e. The molecule has 0 aliphatic heterocycles. The van der Waals surface area contributed by atoms with Crippen LogP contribution in [0.5, 0.6) is 0 Å². The van der Waals surface area contributed by atoms with Crippen molar-refractivity contribution in [3.63, 3.8) is 0 Å². The normalized spacial score (nSPS) is 11.9. The van der Waals surface area contributed by atoms with E-state index in [1.165, 1.54) is 10.9 Å². The highest BCUT2D eigenvalue weighted by molar-refractivity contribution is 5.82. The molecule has 0 fully saturated rings. The van der Waals surface area contributed by atoms with Crippen LogP contribution >= 0.6 is 0 Å². The number of aryl methyl sites for hydroxylation is 1. The largest absolute Gasteiger partial charge is 0.271 e. The fraction of sp³-hybridized carbons (Fsp3) is 0.267. The molecule has 3 heteroatoms. The fourth-order valence-corrected chi connectivity index (χ4v) is 2.01. The first kappa shape index (κ1) is 12.6. The van der Waals surface area contributed by atoms with Crippen LogP contribution in [-0.4, -0.2) is 4.98 Å². The van der Waals surface area contributed by atoms with Gasteiger partial charge in [-0.2, -0.15) is 0 Å². The molecule has 18 heavy (non-hydrogen) atoms. The second-order valence-electron chi connectivity index (χ2n) is 4.23. The minimum atomic E-state index is -0.0271. The van der Waals surface area contributed by atoms with E-state index in [0.717, 1.165) is 11.2 Å². The van der Waals surface area contributed by atoms with Gasteiger partial charge in [-0.1, -0.05) is 18.2 Å². The number of nitrogens with two attached hydrogens (primary N) is 1. The molecule has 0 aliphatic rings. The maximum Gasteiger partial charge on any atom is 0.0741 e. The number of rotatable bonds is 3. The van der Waals surface area contributed by atoms with E-state index < -0.39 is 0 Å². The molecule has 3 N–H and O–H groups in total. The number of fused-ring (bicyclic) bond motifs is 1. The van der Waals surface area contributed by atoms with Gasteiger partial charge in [-0.3, -0.25) is 16.3 Å². The first-order valence-corrected chi connectivity index (χ1v) is 5.98. The summed E-state index contributed by atoms with van der Waals surface area (Å²) in [7, 11) is 0. The zero-order chi connectivity index (χ0) is 13.0. The predicted molar refractivity (Wildman–Crippen MR) is 74.6 cm³/mol. The summed E-state index contributed by atoms with van der Waals surface area (Å²) in [4.78, 5) is 4.65. The lowest BCUT2D eigenvalue weighted by Gasteiger charge is -2.14. The lowest BCUT2D eigenvalue weighted by Crippen LogP contribution is -2.28. The van der Waals surface area contributed by atoms with Crippen LogP contribution in [-0.2, 0) is 0 Å². The van der Waals surface area contributed by atoms with Crippen LogP contribution in [0.3, 0.4) is 0 Å². The van der Waals surface area contributed by atoms with Gasteiger partial charge in [0.2, 0.25) is 0 Å². The average Bonchev–Trinajstić information content (AvgIpc) is 2.40. The van der Waals surface area contributed by atoms with Crippen molar-refractivity contribution >= 4 is 10.9 Å². The Kier molecular flexibility index (Phi) is 3.93. The van der Waals surface area contributed by atoms with Gasteiger partial charge in [0.15, 0.2) is 0 Å². The van der Waals surface area contributed by atoms with E-state index >= 15 is 0 Å². The van der Waals surface area contributed by atoms with E-state index in [0.29, 0.717) is 6.42 Å². The standard InChI is InChI=1S/C15H17N3/c1-3-4-8-14(18-16)15-10-11(2)12-7-5-6-9-13(12)17-15/h5-7,9-10,14,18H,8,16H2,1-2H3. The van der Waals surface area contributed by atoms with Gasteiger partial charge < -0.3 is 0 Å². The Morgan fingerprint density at radius 3 is 2.89 bits per heavy atom. The van der Waals surface area contributed by atoms with Crippen LogP contribution in [0.4, 0.5) is 0 Å². The van der Waals surface area contributed by atoms with E-state index in [2.05, 4.69) is 41.3 Å². The Morgan fingerprint density at radius 1 is 1.39 bits per heavy atom. The summed E-state index contributed by atoms with van der Waals surface area (Å²) in [5.74, 6) is 11.5. The number of para-hydroxylation sites is 1. The molecule has 0 aliphatic carbocycles. The summed E-state index contributed by atoms with van der Waals surface area (Å²) < 4.78 is 0. The highest BCUT2D eigenvalue weighted by Gasteiger charge is 2.11. The highest BCUT2D eigenvalue weighted by atomic mass is 15.2. The second-order valence-corrected chi connectivity index (χ2v) is 4.23. The van der Waals surface area contributed by atoms with Crippen LogP contribution in [0.15, 0.2) is 30.3 Å². The van der Waals surface area contributed by atoms with Crippen molar-refractivity contribution in [2.45, 2.75) is 26.3 Å². The smallest absolute Gasteiger partial charge is 0.0741 e. The topological polar surface area (TPSA) is 50.9 Å². The third kappa shape index (κ3) is 2.51. The SMILES string of the molecule is CC#CCC(NN)c1cc(C)c2ccccc2n1. The lowest BCUT2D eigenvalue weighted by molar-refractivity contribution is 0.555. The number of benzene rings is 1. The number of hydrazine groups is 1. The molecule has 3 nitrogen and oxygen atoms in total. The molecule has 0 amide bonds. The van der Waals surface area contributed by atoms with E-state index in [4.69, 9.17) is 5.84 Å². The Labute approximate surface area is 107 Å². The van der Waals surface area contributed by atoms with Gasteiger partial charge in [0, 0.05) is 11.8 Å². The van der Waals surface area contributed by atoms with Crippen molar-refractivity contribution in [1.29, 1.82) is 0 Å². The molecule has 2 aromatic rings. The lowest BCUT2D eigenvalue weighted by atomic mass is 10.0. The van der Waals surface area contributed by atoms with Gasteiger partial charge in [0.1, 0.15) is 0 Å². The molecule has 1 aromatic carbocycles. The molecule has 0 radical (unpaired) electrons. The van der Waals surface area contributed by atoms with E-state index in [-0.39, 0.29) is 6.04 Å². The molecule has 0 bridgehead atoms.